The third kappa shape index (κ3) is 5.73. The predicted molar refractivity (Wildman–Crippen MR) is 125 cm³/mol. The SMILES string of the molecule is CCOc1cncc(-c2ccc(CC(=O)C(OC)c3csc(NS(=O)(=O)C4CC4)n3)cc2)n1. The van der Waals surface area contributed by atoms with Crippen LogP contribution in [0.4, 0.5) is 5.13 Å². The molecule has 9 nitrogen and oxygen atoms in total. The largest absolute Gasteiger partial charge is 0.477 e. The van der Waals surface area contributed by atoms with E-state index in [9.17, 15) is 13.2 Å². The molecule has 4 rings (SSSR count). The summed E-state index contributed by atoms with van der Waals surface area (Å²) in [4.78, 5) is 25.7. The number of ketones is 1. The Hall–Kier alpha value is -2.89. The summed E-state index contributed by atoms with van der Waals surface area (Å²) in [6.07, 6.45) is 3.80. The molecule has 174 valence electrons. The second kappa shape index (κ2) is 9.94. The Labute approximate surface area is 196 Å². The summed E-state index contributed by atoms with van der Waals surface area (Å²) in [5.41, 5.74) is 2.73. The number of carbonyl (C=O) groups excluding carboxylic acids is 1. The Morgan fingerprint density at radius 2 is 1.97 bits per heavy atom. The number of aromatic nitrogens is 3. The smallest absolute Gasteiger partial charge is 0.237 e. The van der Waals surface area contributed by atoms with Crippen molar-refractivity contribution in [3.63, 3.8) is 0 Å². The van der Waals surface area contributed by atoms with Crippen molar-refractivity contribution in [2.75, 3.05) is 18.4 Å². The molecule has 0 radical (unpaired) electrons. The third-order valence-corrected chi connectivity index (χ3v) is 7.78. The molecule has 0 spiro atoms. The average molecular weight is 489 g/mol. The standard InChI is InChI=1S/C22H24N4O5S2/c1-3-31-20-12-23-11-17(24-20)15-6-4-14(5-7-15)10-19(27)21(30-2)18-13-32-22(25-18)26-33(28,29)16-8-9-16/h4-7,11-13,16,21H,3,8-10H2,1-2H3,(H,25,26). The number of benzene rings is 1. The van der Waals surface area contributed by atoms with Gasteiger partial charge in [0.05, 0.1) is 35.6 Å². The van der Waals surface area contributed by atoms with E-state index >= 15 is 0 Å². The fraction of sp³-hybridized carbons (Fsp3) is 0.364. The summed E-state index contributed by atoms with van der Waals surface area (Å²) >= 11 is 1.14. The van der Waals surface area contributed by atoms with Gasteiger partial charge in [-0.2, -0.15) is 0 Å². The number of rotatable bonds is 11. The number of methoxy groups -OCH3 is 1. The first-order valence-electron chi connectivity index (χ1n) is 10.5. The Morgan fingerprint density at radius 1 is 1.21 bits per heavy atom. The van der Waals surface area contributed by atoms with Crippen molar-refractivity contribution in [1.82, 2.24) is 15.0 Å². The number of nitrogens with one attached hydrogen (secondary N) is 1. The second-order valence-corrected chi connectivity index (χ2v) is 10.4. The molecule has 2 heterocycles. The van der Waals surface area contributed by atoms with Crippen molar-refractivity contribution in [3.8, 4) is 17.1 Å². The molecule has 1 saturated carbocycles. The van der Waals surface area contributed by atoms with Gasteiger partial charge in [0.25, 0.3) is 0 Å². The van der Waals surface area contributed by atoms with E-state index in [0.717, 1.165) is 22.5 Å². The topological polar surface area (TPSA) is 120 Å². The van der Waals surface area contributed by atoms with Crippen LogP contribution in [0.25, 0.3) is 11.3 Å². The maximum atomic E-state index is 12.9. The molecule has 1 aromatic carbocycles. The second-order valence-electron chi connectivity index (χ2n) is 7.56. The number of ether oxygens (including phenoxy) is 2. The van der Waals surface area contributed by atoms with Crippen LogP contribution in [0.15, 0.2) is 42.0 Å². The molecule has 11 heteroatoms. The molecule has 1 fully saturated rings. The van der Waals surface area contributed by atoms with Gasteiger partial charge >= 0.3 is 0 Å². The number of carbonyl (C=O) groups is 1. The van der Waals surface area contributed by atoms with Crippen LogP contribution >= 0.6 is 11.3 Å². The Kier molecular flexibility index (Phi) is 7.01. The van der Waals surface area contributed by atoms with Crippen LogP contribution in [-0.2, 0) is 26.0 Å². The van der Waals surface area contributed by atoms with E-state index in [1.165, 1.54) is 7.11 Å². The Bertz CT molecular complexity index is 1220. The molecular weight excluding hydrogens is 464 g/mol. The molecule has 1 atom stereocenters. The van der Waals surface area contributed by atoms with Gasteiger partial charge < -0.3 is 9.47 Å². The van der Waals surface area contributed by atoms with Gasteiger partial charge in [-0.15, -0.1) is 11.3 Å². The average Bonchev–Trinajstić information content (AvgIpc) is 3.57. The minimum Gasteiger partial charge on any atom is -0.477 e. The van der Waals surface area contributed by atoms with Crippen LogP contribution in [0.5, 0.6) is 5.88 Å². The first-order valence-corrected chi connectivity index (χ1v) is 12.9. The molecule has 0 amide bonds. The molecule has 33 heavy (non-hydrogen) atoms. The third-order valence-electron chi connectivity index (χ3n) is 5.04. The van der Waals surface area contributed by atoms with Gasteiger partial charge in [0.1, 0.15) is 0 Å². The molecule has 2 aromatic heterocycles. The number of hydrogen-bond acceptors (Lipinski definition) is 9. The highest BCUT2D eigenvalue weighted by Gasteiger charge is 2.36. The molecule has 1 N–H and O–H groups in total. The first kappa shape index (κ1) is 23.3. The van der Waals surface area contributed by atoms with E-state index in [0.29, 0.717) is 36.7 Å². The van der Waals surface area contributed by atoms with E-state index in [2.05, 4.69) is 19.7 Å². The fourth-order valence-corrected chi connectivity index (χ4v) is 5.57. The van der Waals surface area contributed by atoms with E-state index in [1.807, 2.05) is 31.2 Å². The van der Waals surface area contributed by atoms with Crippen LogP contribution in [0.1, 0.15) is 37.1 Å². The highest BCUT2D eigenvalue weighted by molar-refractivity contribution is 7.93. The summed E-state index contributed by atoms with van der Waals surface area (Å²) in [5.74, 6) is 0.282. The highest BCUT2D eigenvalue weighted by atomic mass is 32.2. The lowest BCUT2D eigenvalue weighted by atomic mass is 10.0. The van der Waals surface area contributed by atoms with Gasteiger partial charge in [-0.25, -0.2) is 18.4 Å². The predicted octanol–water partition coefficient (Wildman–Crippen LogP) is 3.40. The van der Waals surface area contributed by atoms with E-state index in [4.69, 9.17) is 9.47 Å². The van der Waals surface area contributed by atoms with E-state index in [-0.39, 0.29) is 22.6 Å². The quantitative estimate of drug-likeness (QED) is 0.436. The monoisotopic (exact) mass is 488 g/mol. The summed E-state index contributed by atoms with van der Waals surface area (Å²) < 4.78 is 37.5. The van der Waals surface area contributed by atoms with Crippen molar-refractivity contribution in [2.24, 2.45) is 0 Å². The van der Waals surface area contributed by atoms with Gasteiger partial charge in [-0.1, -0.05) is 24.3 Å². The Balaban J connectivity index is 1.42. The summed E-state index contributed by atoms with van der Waals surface area (Å²) in [7, 11) is -1.97. The summed E-state index contributed by atoms with van der Waals surface area (Å²) in [5, 5.41) is 1.54. The summed E-state index contributed by atoms with van der Waals surface area (Å²) in [6.45, 7) is 2.39. The number of Topliss-reactive ketones (excluding diaryl/α,β-unsaturated/α-hetero) is 1. The van der Waals surface area contributed by atoms with Gasteiger partial charge in [0.2, 0.25) is 15.9 Å². The number of sulfonamides is 1. The zero-order chi connectivity index (χ0) is 23.4. The van der Waals surface area contributed by atoms with Crippen molar-refractivity contribution in [1.29, 1.82) is 0 Å². The van der Waals surface area contributed by atoms with Crippen molar-refractivity contribution in [3.05, 3.63) is 53.3 Å². The van der Waals surface area contributed by atoms with E-state index < -0.39 is 16.1 Å². The van der Waals surface area contributed by atoms with Crippen molar-refractivity contribution < 1.29 is 22.7 Å². The lowest BCUT2D eigenvalue weighted by molar-refractivity contribution is -0.128. The van der Waals surface area contributed by atoms with Crippen LogP contribution in [0.3, 0.4) is 0 Å². The highest BCUT2D eigenvalue weighted by Crippen LogP contribution is 2.32. The minimum atomic E-state index is -3.41. The van der Waals surface area contributed by atoms with Crippen LogP contribution in [0.2, 0.25) is 0 Å². The van der Waals surface area contributed by atoms with Gasteiger partial charge in [-0.05, 0) is 25.3 Å². The molecule has 0 aliphatic heterocycles. The normalized spacial score (nSPS) is 14.6. The molecule has 1 aliphatic carbocycles. The van der Waals surface area contributed by atoms with Gasteiger partial charge in [0.15, 0.2) is 17.0 Å². The molecular formula is C22H24N4O5S2. The number of anilines is 1. The molecule has 1 unspecified atom stereocenters. The zero-order valence-corrected chi connectivity index (χ0v) is 19.9. The maximum Gasteiger partial charge on any atom is 0.237 e. The number of thiazole rings is 1. The number of hydrogen-bond donors (Lipinski definition) is 1. The summed E-state index contributed by atoms with van der Waals surface area (Å²) in [6, 6.07) is 7.45. The van der Waals surface area contributed by atoms with Gasteiger partial charge in [-0.3, -0.25) is 14.5 Å². The van der Waals surface area contributed by atoms with Crippen molar-refractivity contribution in [2.45, 2.75) is 37.5 Å². The van der Waals surface area contributed by atoms with E-state index in [1.54, 1.807) is 17.8 Å². The molecule has 0 bridgehead atoms. The Morgan fingerprint density at radius 3 is 2.64 bits per heavy atom. The molecule has 1 aliphatic rings. The van der Waals surface area contributed by atoms with Crippen LogP contribution < -0.4 is 9.46 Å². The molecule has 0 saturated heterocycles. The first-order chi connectivity index (χ1) is 15.9. The van der Waals surface area contributed by atoms with Crippen LogP contribution in [0, 0.1) is 0 Å². The van der Waals surface area contributed by atoms with Crippen molar-refractivity contribution >= 4 is 32.3 Å². The lowest BCUT2D eigenvalue weighted by Crippen LogP contribution is -2.19. The fourth-order valence-electron chi connectivity index (χ4n) is 3.25. The van der Waals surface area contributed by atoms with Gasteiger partial charge in [0, 0.05) is 24.5 Å². The zero-order valence-electron chi connectivity index (χ0n) is 18.2. The maximum absolute atomic E-state index is 12.9. The van der Waals surface area contributed by atoms with Crippen LogP contribution in [-0.4, -0.2) is 48.1 Å². The minimum absolute atomic E-state index is 0.143. The lowest BCUT2D eigenvalue weighted by Gasteiger charge is -2.12. The number of nitrogens with zero attached hydrogens (tertiary/aromatic N) is 3. The molecule has 3 aromatic rings.